The maximum Gasteiger partial charge on any atom is 0.305 e. The predicted octanol–water partition coefficient (Wildman–Crippen LogP) is 21.5. The first-order valence-corrected chi connectivity index (χ1v) is 33.7. The fourth-order valence-electron chi connectivity index (χ4n) is 10.5. The second kappa shape index (κ2) is 64.6. The molecule has 0 radical (unpaired) electrons. The molecular weight excluding hydrogens is 923 g/mol. The lowest BCUT2D eigenvalue weighted by Gasteiger charge is -2.22. The van der Waals surface area contributed by atoms with E-state index in [-0.39, 0.29) is 18.5 Å². The average molecular weight is 1050 g/mol. The van der Waals surface area contributed by atoms with E-state index >= 15 is 0 Å². The van der Waals surface area contributed by atoms with E-state index in [2.05, 4.69) is 55.6 Å². The third-order valence-corrected chi connectivity index (χ3v) is 15.7. The molecule has 3 N–H and O–H groups in total. The molecule has 0 spiro atoms. The second-order valence-electron chi connectivity index (χ2n) is 23.1. The van der Waals surface area contributed by atoms with Crippen molar-refractivity contribution in [2.45, 2.75) is 379 Å². The molecule has 6 nitrogen and oxygen atoms in total. The van der Waals surface area contributed by atoms with Gasteiger partial charge in [0.25, 0.3) is 0 Å². The van der Waals surface area contributed by atoms with E-state index in [9.17, 15) is 19.8 Å². The average Bonchev–Trinajstić information content (AvgIpc) is 3.41. The van der Waals surface area contributed by atoms with Crippen molar-refractivity contribution in [1.82, 2.24) is 5.32 Å². The second-order valence-corrected chi connectivity index (χ2v) is 23.1. The molecule has 0 aromatic carbocycles. The number of hydrogen-bond acceptors (Lipinski definition) is 5. The van der Waals surface area contributed by atoms with E-state index in [0.29, 0.717) is 25.9 Å². The van der Waals surface area contributed by atoms with Crippen molar-refractivity contribution >= 4 is 11.9 Å². The van der Waals surface area contributed by atoms with Gasteiger partial charge in [-0.15, -0.1) is 0 Å². The van der Waals surface area contributed by atoms with Gasteiger partial charge in [-0.3, -0.25) is 9.59 Å². The van der Waals surface area contributed by atoms with E-state index in [1.165, 1.54) is 276 Å². The highest BCUT2D eigenvalue weighted by Crippen LogP contribution is 2.18. The summed E-state index contributed by atoms with van der Waals surface area (Å²) in [7, 11) is 0. The molecule has 75 heavy (non-hydrogen) atoms. The van der Waals surface area contributed by atoms with Crippen LogP contribution in [-0.2, 0) is 14.3 Å². The Kier molecular flexibility index (Phi) is 63.0. The number of ether oxygens (including phenoxy) is 1. The largest absolute Gasteiger partial charge is 0.466 e. The van der Waals surface area contributed by atoms with Gasteiger partial charge < -0.3 is 20.3 Å². The molecule has 1 amide bonds. The number of unbranched alkanes of at least 4 members (excludes halogenated alkanes) is 46. The van der Waals surface area contributed by atoms with Gasteiger partial charge in [0, 0.05) is 12.8 Å². The van der Waals surface area contributed by atoms with Gasteiger partial charge >= 0.3 is 5.97 Å². The number of nitrogens with one attached hydrogen (secondary N) is 1. The minimum Gasteiger partial charge on any atom is -0.466 e. The first-order valence-electron chi connectivity index (χ1n) is 33.7. The summed E-state index contributed by atoms with van der Waals surface area (Å²) in [5, 5.41) is 23.4. The number of amides is 1. The van der Waals surface area contributed by atoms with Gasteiger partial charge in [-0.2, -0.15) is 0 Å². The summed E-state index contributed by atoms with van der Waals surface area (Å²) in [6, 6.07) is -0.551. The molecule has 0 rings (SSSR count). The lowest BCUT2D eigenvalue weighted by molar-refractivity contribution is -0.143. The maximum absolute atomic E-state index is 12.5. The molecule has 2 atom stereocenters. The maximum atomic E-state index is 12.5. The topological polar surface area (TPSA) is 95.9 Å². The number of aliphatic hydroxyl groups excluding tert-OH is 2. The number of esters is 1. The van der Waals surface area contributed by atoms with Crippen LogP contribution < -0.4 is 5.32 Å². The smallest absolute Gasteiger partial charge is 0.305 e. The molecule has 0 bridgehead atoms. The fraction of sp³-hybridized carbons (Fsp3) is 0.884. The quantitative estimate of drug-likeness (QED) is 0.0320. The number of aliphatic hydroxyl groups is 2. The van der Waals surface area contributed by atoms with Crippen molar-refractivity contribution in [2.24, 2.45) is 0 Å². The lowest BCUT2D eigenvalue weighted by Crippen LogP contribution is -2.45. The lowest BCUT2D eigenvalue weighted by atomic mass is 10.0. The molecule has 0 aromatic rings. The summed E-state index contributed by atoms with van der Waals surface area (Å²) in [6.07, 6.45) is 81.7. The van der Waals surface area contributed by atoms with Crippen LogP contribution in [0.2, 0.25) is 0 Å². The normalized spacial score (nSPS) is 12.7. The molecule has 2 unspecified atom stereocenters. The van der Waals surface area contributed by atoms with Crippen LogP contribution in [0, 0.1) is 0 Å². The van der Waals surface area contributed by atoms with Crippen LogP contribution in [0.15, 0.2) is 36.5 Å². The summed E-state index contributed by atoms with van der Waals surface area (Å²) in [4.78, 5) is 24.6. The molecule has 0 aliphatic rings. The Labute approximate surface area is 468 Å². The van der Waals surface area contributed by atoms with Gasteiger partial charge in [-0.25, -0.2) is 0 Å². The Balaban J connectivity index is 3.45. The summed E-state index contributed by atoms with van der Waals surface area (Å²) in [5.41, 5.74) is 0. The monoisotopic (exact) mass is 1050 g/mol. The minimum absolute atomic E-state index is 0.00106. The summed E-state index contributed by atoms with van der Waals surface area (Å²) in [6.45, 7) is 4.96. The summed E-state index contributed by atoms with van der Waals surface area (Å²) < 4.78 is 5.48. The molecule has 0 aromatic heterocycles. The zero-order valence-corrected chi connectivity index (χ0v) is 50.5. The van der Waals surface area contributed by atoms with Crippen molar-refractivity contribution in [3.63, 3.8) is 0 Å². The minimum atomic E-state index is -0.672. The first-order chi connectivity index (χ1) is 37.0. The molecular formula is C69H131NO5. The van der Waals surface area contributed by atoms with Crippen molar-refractivity contribution in [1.29, 1.82) is 0 Å². The molecule has 0 aliphatic heterocycles. The van der Waals surface area contributed by atoms with Crippen molar-refractivity contribution in [2.75, 3.05) is 13.2 Å². The first kappa shape index (κ1) is 73.1. The molecule has 0 heterocycles. The highest BCUT2D eigenvalue weighted by Gasteiger charge is 2.20. The molecule has 442 valence electrons. The Morgan fingerprint density at radius 1 is 0.373 bits per heavy atom. The Morgan fingerprint density at radius 3 is 1.03 bits per heavy atom. The number of allylic oxidation sites excluding steroid dienone is 6. The standard InChI is InChI=1S/C69H131NO5/c1-3-5-7-9-11-13-15-17-19-20-21-25-28-31-34-37-41-45-49-53-57-61-67(72)66(65-71)70-68(73)62-58-54-50-46-42-38-35-32-29-26-23-22-24-27-30-33-36-40-44-48-52-56-60-64-75-69(74)63-59-55-51-47-43-39-18-16-14-12-10-8-6-4-2/h16,18,22,24,26,29,66-67,71-72H,3-15,17,19-21,23,25,27-28,30-65H2,1-2H3,(H,70,73)/b18-16-,24-22-,29-26-. The zero-order valence-electron chi connectivity index (χ0n) is 50.5. The third-order valence-electron chi connectivity index (χ3n) is 15.7. The van der Waals surface area contributed by atoms with Crippen LogP contribution in [0.25, 0.3) is 0 Å². The van der Waals surface area contributed by atoms with Gasteiger partial charge in [0.2, 0.25) is 5.91 Å². The number of rotatable bonds is 63. The van der Waals surface area contributed by atoms with Crippen LogP contribution in [0.3, 0.4) is 0 Å². The number of carbonyl (C=O) groups excluding carboxylic acids is 2. The third kappa shape index (κ3) is 61.2. The number of carbonyl (C=O) groups is 2. The van der Waals surface area contributed by atoms with Crippen molar-refractivity contribution in [3.8, 4) is 0 Å². The Morgan fingerprint density at radius 2 is 0.667 bits per heavy atom. The van der Waals surface area contributed by atoms with Crippen LogP contribution in [-0.4, -0.2) is 47.4 Å². The Bertz CT molecular complexity index is 1210. The van der Waals surface area contributed by atoms with E-state index < -0.39 is 12.1 Å². The SMILES string of the molecule is CCCCCCC/C=C\CCCCCCCC(=O)OCCCCCCCCCCC/C=C\C/C=C\CCCCCCCCCC(=O)NC(CO)C(O)CCCCCCCCCCCCCCCCCCCCCCC. The summed E-state index contributed by atoms with van der Waals surface area (Å²) >= 11 is 0. The zero-order chi connectivity index (χ0) is 54.3. The van der Waals surface area contributed by atoms with Crippen LogP contribution in [0.5, 0.6) is 0 Å². The van der Waals surface area contributed by atoms with Gasteiger partial charge in [0.05, 0.1) is 25.4 Å². The van der Waals surface area contributed by atoms with E-state index in [1.807, 2.05) is 0 Å². The van der Waals surface area contributed by atoms with Gasteiger partial charge in [0.1, 0.15) is 0 Å². The molecule has 6 heteroatoms. The van der Waals surface area contributed by atoms with E-state index in [0.717, 1.165) is 57.8 Å². The van der Waals surface area contributed by atoms with Crippen molar-refractivity contribution < 1.29 is 24.5 Å². The van der Waals surface area contributed by atoms with E-state index in [1.54, 1.807) is 0 Å². The van der Waals surface area contributed by atoms with Crippen LogP contribution >= 0.6 is 0 Å². The van der Waals surface area contributed by atoms with Gasteiger partial charge in [-0.05, 0) is 83.5 Å². The van der Waals surface area contributed by atoms with E-state index in [4.69, 9.17) is 4.74 Å². The molecule has 0 saturated heterocycles. The van der Waals surface area contributed by atoms with Gasteiger partial charge in [-0.1, -0.05) is 307 Å². The highest BCUT2D eigenvalue weighted by molar-refractivity contribution is 5.76. The molecule has 0 saturated carbocycles. The van der Waals surface area contributed by atoms with Gasteiger partial charge in [0.15, 0.2) is 0 Å². The summed E-state index contributed by atoms with van der Waals surface area (Å²) in [5.74, 6) is -0.0432. The molecule has 0 fully saturated rings. The predicted molar refractivity (Wildman–Crippen MR) is 329 cm³/mol. The van der Waals surface area contributed by atoms with Crippen LogP contribution in [0.1, 0.15) is 367 Å². The molecule has 0 aliphatic carbocycles. The highest BCUT2D eigenvalue weighted by atomic mass is 16.5. The van der Waals surface area contributed by atoms with Crippen LogP contribution in [0.4, 0.5) is 0 Å². The van der Waals surface area contributed by atoms with Crippen molar-refractivity contribution in [3.05, 3.63) is 36.5 Å². The Hall–Kier alpha value is -1.92. The number of hydrogen-bond donors (Lipinski definition) is 3. The fourth-order valence-corrected chi connectivity index (χ4v) is 10.5.